The predicted molar refractivity (Wildman–Crippen MR) is 94.1 cm³/mol. The Hall–Kier alpha value is -3.16. The minimum atomic E-state index is -4.45. The fourth-order valence-electron chi connectivity index (χ4n) is 3.01. The van der Waals surface area contributed by atoms with Crippen LogP contribution in [0.15, 0.2) is 55.1 Å². The first-order valence-electron chi connectivity index (χ1n) is 8.47. The normalized spacial score (nSPS) is 12.0. The summed E-state index contributed by atoms with van der Waals surface area (Å²) in [7, 11) is 0. The van der Waals surface area contributed by atoms with Gasteiger partial charge in [0, 0.05) is 36.0 Å². The first-order chi connectivity index (χ1) is 13.0. The van der Waals surface area contributed by atoms with Crippen molar-refractivity contribution in [2.75, 3.05) is 0 Å². The summed E-state index contributed by atoms with van der Waals surface area (Å²) in [5.41, 5.74) is 0.966. The van der Waals surface area contributed by atoms with E-state index in [0.717, 1.165) is 18.2 Å². The highest BCUT2D eigenvalue weighted by atomic mass is 19.4. The number of hydrogen-bond acceptors (Lipinski definition) is 3. The van der Waals surface area contributed by atoms with E-state index in [9.17, 15) is 13.2 Å². The predicted octanol–water partition coefficient (Wildman–Crippen LogP) is 4.22. The van der Waals surface area contributed by atoms with Gasteiger partial charge >= 0.3 is 6.18 Å². The van der Waals surface area contributed by atoms with E-state index < -0.39 is 11.7 Å². The molecule has 0 bridgehead atoms. The number of aromatic nitrogens is 5. The monoisotopic (exact) mass is 371 g/mol. The fraction of sp³-hybridized carbons (Fsp3) is 0.211. The standard InChI is InChI=1S/C19H16F3N5/c1-2-13-7-9-27-12-14(25-18(27)24-13)11-26-10-8-23-17(26)15-5-3-4-6-16(15)19(20,21)22/h3-10,12H,2,11H2,1H3. The molecule has 0 saturated heterocycles. The number of aryl methyl sites for hydroxylation is 1. The summed E-state index contributed by atoms with van der Waals surface area (Å²) in [6.07, 6.45) is 3.20. The van der Waals surface area contributed by atoms with Crippen LogP contribution in [0.4, 0.5) is 13.2 Å². The zero-order valence-corrected chi connectivity index (χ0v) is 14.5. The Bertz CT molecular complexity index is 1090. The molecule has 3 aromatic heterocycles. The van der Waals surface area contributed by atoms with Crippen molar-refractivity contribution in [2.24, 2.45) is 0 Å². The van der Waals surface area contributed by atoms with Crippen molar-refractivity contribution in [2.45, 2.75) is 26.1 Å². The zero-order chi connectivity index (χ0) is 19.0. The molecule has 4 aromatic rings. The molecule has 0 spiro atoms. The topological polar surface area (TPSA) is 48.0 Å². The van der Waals surface area contributed by atoms with E-state index in [2.05, 4.69) is 15.0 Å². The molecule has 0 unspecified atom stereocenters. The molecule has 0 aliphatic carbocycles. The highest BCUT2D eigenvalue weighted by molar-refractivity contribution is 5.61. The van der Waals surface area contributed by atoms with Crippen LogP contribution in [0.25, 0.3) is 17.2 Å². The molecule has 4 rings (SSSR count). The second kappa shape index (κ2) is 6.53. The highest BCUT2D eigenvalue weighted by Crippen LogP contribution is 2.36. The van der Waals surface area contributed by atoms with Crippen molar-refractivity contribution >= 4 is 5.78 Å². The van der Waals surface area contributed by atoms with Crippen molar-refractivity contribution in [3.05, 3.63) is 72.1 Å². The van der Waals surface area contributed by atoms with Crippen molar-refractivity contribution in [1.29, 1.82) is 0 Å². The Morgan fingerprint density at radius 2 is 1.78 bits per heavy atom. The molecule has 0 radical (unpaired) electrons. The van der Waals surface area contributed by atoms with Gasteiger partial charge < -0.3 is 4.57 Å². The van der Waals surface area contributed by atoms with Gasteiger partial charge in [-0.3, -0.25) is 4.40 Å². The maximum atomic E-state index is 13.3. The van der Waals surface area contributed by atoms with Crippen LogP contribution in [0.1, 0.15) is 23.9 Å². The lowest BCUT2D eigenvalue weighted by molar-refractivity contribution is -0.137. The first kappa shape index (κ1) is 17.3. The number of imidazole rings is 2. The molecular weight excluding hydrogens is 355 g/mol. The number of fused-ring (bicyclic) bond motifs is 1. The maximum Gasteiger partial charge on any atom is 0.417 e. The molecule has 0 N–H and O–H groups in total. The molecule has 138 valence electrons. The maximum absolute atomic E-state index is 13.3. The summed E-state index contributed by atoms with van der Waals surface area (Å²) < 4.78 is 43.5. The van der Waals surface area contributed by atoms with Crippen molar-refractivity contribution in [3.8, 4) is 11.4 Å². The molecule has 0 fully saturated rings. The van der Waals surface area contributed by atoms with Crippen LogP contribution in [0.5, 0.6) is 0 Å². The van der Waals surface area contributed by atoms with Gasteiger partial charge in [0.15, 0.2) is 0 Å². The van der Waals surface area contributed by atoms with Crippen molar-refractivity contribution in [3.63, 3.8) is 0 Å². The third kappa shape index (κ3) is 3.30. The number of halogens is 3. The Kier molecular flexibility index (Phi) is 4.18. The van der Waals surface area contributed by atoms with Crippen molar-refractivity contribution in [1.82, 2.24) is 23.9 Å². The highest BCUT2D eigenvalue weighted by Gasteiger charge is 2.34. The summed E-state index contributed by atoms with van der Waals surface area (Å²) in [5, 5.41) is 0. The molecule has 1 aromatic carbocycles. The lowest BCUT2D eigenvalue weighted by Gasteiger charge is -2.13. The molecule has 27 heavy (non-hydrogen) atoms. The third-order valence-corrected chi connectivity index (χ3v) is 4.32. The van der Waals surface area contributed by atoms with E-state index in [4.69, 9.17) is 0 Å². The summed E-state index contributed by atoms with van der Waals surface area (Å²) in [6.45, 7) is 2.31. The Labute approximate surface area is 153 Å². The van der Waals surface area contributed by atoms with E-state index in [-0.39, 0.29) is 11.4 Å². The van der Waals surface area contributed by atoms with Gasteiger partial charge in [-0.2, -0.15) is 13.2 Å². The van der Waals surface area contributed by atoms with E-state index in [1.165, 1.54) is 18.3 Å². The molecule has 3 heterocycles. The molecular formula is C19H16F3N5. The van der Waals surface area contributed by atoms with Gasteiger partial charge in [-0.05, 0) is 18.6 Å². The van der Waals surface area contributed by atoms with Gasteiger partial charge in [-0.25, -0.2) is 15.0 Å². The van der Waals surface area contributed by atoms with E-state index in [0.29, 0.717) is 18.0 Å². The van der Waals surface area contributed by atoms with Crippen LogP contribution in [-0.4, -0.2) is 23.9 Å². The average molecular weight is 371 g/mol. The molecule has 0 saturated carbocycles. The van der Waals surface area contributed by atoms with Crippen LogP contribution in [0.2, 0.25) is 0 Å². The smallest absolute Gasteiger partial charge is 0.325 e. The quantitative estimate of drug-likeness (QED) is 0.540. The van der Waals surface area contributed by atoms with Gasteiger partial charge in [0.25, 0.3) is 0 Å². The summed E-state index contributed by atoms with van der Waals surface area (Å²) >= 11 is 0. The van der Waals surface area contributed by atoms with Gasteiger partial charge in [0.05, 0.1) is 17.8 Å². The first-order valence-corrected chi connectivity index (χ1v) is 8.47. The zero-order valence-electron chi connectivity index (χ0n) is 14.5. The van der Waals surface area contributed by atoms with Crippen LogP contribution in [0.3, 0.4) is 0 Å². The van der Waals surface area contributed by atoms with Crippen LogP contribution in [-0.2, 0) is 19.1 Å². The molecule has 0 aliphatic rings. The second-order valence-corrected chi connectivity index (χ2v) is 6.13. The molecule has 0 aliphatic heterocycles. The Balaban J connectivity index is 1.72. The van der Waals surface area contributed by atoms with Crippen LogP contribution in [0, 0.1) is 0 Å². The molecule has 8 heteroatoms. The lowest BCUT2D eigenvalue weighted by Crippen LogP contribution is -2.09. The Morgan fingerprint density at radius 3 is 2.56 bits per heavy atom. The lowest BCUT2D eigenvalue weighted by atomic mass is 10.1. The van der Waals surface area contributed by atoms with E-state index in [1.54, 1.807) is 21.2 Å². The summed E-state index contributed by atoms with van der Waals surface area (Å²) in [5.74, 6) is 0.823. The SMILES string of the molecule is CCc1ccn2cc(Cn3ccnc3-c3ccccc3C(F)(F)F)nc2n1. The summed E-state index contributed by atoms with van der Waals surface area (Å²) in [4.78, 5) is 13.1. The number of alkyl halides is 3. The number of benzene rings is 1. The van der Waals surface area contributed by atoms with Crippen LogP contribution < -0.4 is 0 Å². The minimum absolute atomic E-state index is 0.0464. The number of hydrogen-bond donors (Lipinski definition) is 0. The fourth-order valence-corrected chi connectivity index (χ4v) is 3.01. The Morgan fingerprint density at radius 1 is 1.00 bits per heavy atom. The number of rotatable bonds is 4. The second-order valence-electron chi connectivity index (χ2n) is 6.13. The van der Waals surface area contributed by atoms with Gasteiger partial charge in [0.1, 0.15) is 5.82 Å². The summed E-state index contributed by atoms with van der Waals surface area (Å²) in [6, 6.07) is 7.36. The molecule has 5 nitrogen and oxygen atoms in total. The van der Waals surface area contributed by atoms with E-state index in [1.807, 2.05) is 25.4 Å². The van der Waals surface area contributed by atoms with Crippen LogP contribution >= 0.6 is 0 Å². The van der Waals surface area contributed by atoms with Gasteiger partial charge in [-0.1, -0.05) is 25.1 Å². The van der Waals surface area contributed by atoms with Gasteiger partial charge in [0.2, 0.25) is 5.78 Å². The van der Waals surface area contributed by atoms with Gasteiger partial charge in [-0.15, -0.1) is 0 Å². The van der Waals surface area contributed by atoms with E-state index >= 15 is 0 Å². The van der Waals surface area contributed by atoms with Crippen molar-refractivity contribution < 1.29 is 13.2 Å². The number of nitrogens with zero attached hydrogens (tertiary/aromatic N) is 5. The average Bonchev–Trinajstić information content (AvgIpc) is 3.26. The molecule has 0 atom stereocenters. The third-order valence-electron chi connectivity index (χ3n) is 4.32. The minimum Gasteiger partial charge on any atom is -0.325 e. The molecule has 0 amide bonds. The largest absolute Gasteiger partial charge is 0.417 e.